The molecule has 0 atom stereocenters. The highest BCUT2D eigenvalue weighted by Gasteiger charge is 2.13. The van der Waals surface area contributed by atoms with Crippen molar-refractivity contribution in [1.29, 1.82) is 0 Å². The molecule has 1 N–H and O–H groups in total. The molecule has 0 amide bonds. The Bertz CT molecular complexity index is 350. The molecule has 0 aromatic heterocycles. The first kappa shape index (κ1) is 13.8. The lowest BCUT2D eigenvalue weighted by molar-refractivity contribution is 0.405. The highest BCUT2D eigenvalue weighted by atomic mass is 32.2. The fourth-order valence-corrected chi connectivity index (χ4v) is 3.43. The maximum Gasteiger partial charge on any atom is 0.132 e. The Balaban J connectivity index is 1.62. The van der Waals surface area contributed by atoms with Gasteiger partial charge in [-0.15, -0.1) is 11.8 Å². The summed E-state index contributed by atoms with van der Waals surface area (Å²) in [5, 5.41) is 3.57. The fourth-order valence-electron chi connectivity index (χ4n) is 2.49. The summed E-state index contributed by atoms with van der Waals surface area (Å²) < 4.78 is 5.34. The summed E-state index contributed by atoms with van der Waals surface area (Å²) in [4.78, 5) is 1.24. The SMILES string of the molecule is COc1ccccc1SCCNCC1CCCC1. The second-order valence-electron chi connectivity index (χ2n) is 4.85. The van der Waals surface area contributed by atoms with Crippen molar-refractivity contribution in [3.05, 3.63) is 24.3 Å². The Kier molecular flexibility index (Phi) is 5.88. The van der Waals surface area contributed by atoms with Gasteiger partial charge in [-0.2, -0.15) is 0 Å². The molecule has 18 heavy (non-hydrogen) atoms. The normalized spacial score (nSPS) is 16.1. The van der Waals surface area contributed by atoms with Gasteiger partial charge in [0.25, 0.3) is 0 Å². The predicted molar refractivity (Wildman–Crippen MR) is 78.5 cm³/mol. The molecule has 0 bridgehead atoms. The molecule has 1 fully saturated rings. The Morgan fingerprint density at radius 3 is 2.83 bits per heavy atom. The van der Waals surface area contributed by atoms with Gasteiger partial charge in [0.15, 0.2) is 0 Å². The van der Waals surface area contributed by atoms with Crippen molar-refractivity contribution < 1.29 is 4.74 Å². The number of ether oxygens (including phenoxy) is 1. The molecule has 100 valence electrons. The minimum absolute atomic E-state index is 0.932. The Hall–Kier alpha value is -0.670. The van der Waals surface area contributed by atoms with Crippen molar-refractivity contribution in [3.63, 3.8) is 0 Å². The summed E-state index contributed by atoms with van der Waals surface area (Å²) in [6, 6.07) is 8.23. The van der Waals surface area contributed by atoms with Crippen molar-refractivity contribution in [2.24, 2.45) is 5.92 Å². The maximum atomic E-state index is 5.34. The third-order valence-corrected chi connectivity index (χ3v) is 4.57. The zero-order valence-corrected chi connectivity index (χ0v) is 12.0. The quantitative estimate of drug-likeness (QED) is 0.601. The molecule has 1 aromatic carbocycles. The third kappa shape index (κ3) is 4.21. The molecular formula is C15H23NOS. The summed E-state index contributed by atoms with van der Waals surface area (Å²) in [6.45, 7) is 2.28. The lowest BCUT2D eigenvalue weighted by atomic mass is 10.1. The largest absolute Gasteiger partial charge is 0.496 e. The number of hydrogen-bond acceptors (Lipinski definition) is 3. The third-order valence-electron chi connectivity index (χ3n) is 3.51. The van der Waals surface area contributed by atoms with Gasteiger partial charge in [-0.3, -0.25) is 0 Å². The van der Waals surface area contributed by atoms with Crippen molar-refractivity contribution in [2.75, 3.05) is 26.0 Å². The van der Waals surface area contributed by atoms with Gasteiger partial charge in [-0.25, -0.2) is 0 Å². The Morgan fingerprint density at radius 1 is 1.28 bits per heavy atom. The Morgan fingerprint density at radius 2 is 2.06 bits per heavy atom. The van der Waals surface area contributed by atoms with E-state index < -0.39 is 0 Å². The number of hydrogen-bond donors (Lipinski definition) is 1. The number of nitrogens with one attached hydrogen (secondary N) is 1. The molecule has 1 saturated carbocycles. The lowest BCUT2D eigenvalue weighted by Gasteiger charge is -2.11. The number of benzene rings is 1. The first-order chi connectivity index (χ1) is 8.90. The molecule has 0 spiro atoms. The average Bonchev–Trinajstić information content (AvgIpc) is 2.92. The molecule has 2 nitrogen and oxygen atoms in total. The van der Waals surface area contributed by atoms with Crippen LogP contribution in [-0.4, -0.2) is 26.0 Å². The zero-order chi connectivity index (χ0) is 12.6. The molecule has 0 radical (unpaired) electrons. The van der Waals surface area contributed by atoms with Crippen LogP contribution in [0.4, 0.5) is 0 Å². The van der Waals surface area contributed by atoms with Crippen molar-refractivity contribution >= 4 is 11.8 Å². The summed E-state index contributed by atoms with van der Waals surface area (Å²) >= 11 is 1.87. The smallest absolute Gasteiger partial charge is 0.132 e. The molecule has 1 aliphatic carbocycles. The van der Waals surface area contributed by atoms with Crippen molar-refractivity contribution in [1.82, 2.24) is 5.32 Å². The molecule has 2 rings (SSSR count). The fraction of sp³-hybridized carbons (Fsp3) is 0.600. The van der Waals surface area contributed by atoms with Gasteiger partial charge in [-0.1, -0.05) is 25.0 Å². The van der Waals surface area contributed by atoms with Crippen LogP contribution in [0.3, 0.4) is 0 Å². The summed E-state index contributed by atoms with van der Waals surface area (Å²) in [6.07, 6.45) is 5.71. The minimum atomic E-state index is 0.932. The lowest BCUT2D eigenvalue weighted by Crippen LogP contribution is -2.23. The van der Waals surface area contributed by atoms with Gasteiger partial charge >= 0.3 is 0 Å². The average molecular weight is 265 g/mol. The monoisotopic (exact) mass is 265 g/mol. The summed E-state index contributed by atoms with van der Waals surface area (Å²) in [7, 11) is 1.73. The standard InChI is InChI=1S/C15H23NOS/c1-17-14-8-4-5-9-15(14)18-11-10-16-12-13-6-2-3-7-13/h4-5,8-9,13,16H,2-3,6-7,10-12H2,1H3. The van der Waals surface area contributed by atoms with Crippen LogP contribution in [0.25, 0.3) is 0 Å². The highest BCUT2D eigenvalue weighted by molar-refractivity contribution is 7.99. The summed E-state index contributed by atoms with van der Waals surface area (Å²) in [5.41, 5.74) is 0. The number of para-hydroxylation sites is 1. The first-order valence-electron chi connectivity index (χ1n) is 6.86. The van der Waals surface area contributed by atoms with E-state index in [0.29, 0.717) is 0 Å². The van der Waals surface area contributed by atoms with Gasteiger partial charge in [0.2, 0.25) is 0 Å². The van der Waals surface area contributed by atoms with E-state index >= 15 is 0 Å². The molecule has 3 heteroatoms. The maximum absolute atomic E-state index is 5.34. The van der Waals surface area contributed by atoms with Crippen LogP contribution in [0.2, 0.25) is 0 Å². The van der Waals surface area contributed by atoms with E-state index in [1.54, 1.807) is 7.11 Å². The first-order valence-corrected chi connectivity index (χ1v) is 7.85. The molecule has 0 heterocycles. The number of methoxy groups -OCH3 is 1. The summed E-state index contributed by atoms with van der Waals surface area (Å²) in [5.74, 6) is 3.02. The van der Waals surface area contributed by atoms with Crippen molar-refractivity contribution in [2.45, 2.75) is 30.6 Å². The second-order valence-corrected chi connectivity index (χ2v) is 5.99. The predicted octanol–water partition coefficient (Wildman–Crippen LogP) is 3.57. The van der Waals surface area contributed by atoms with Gasteiger partial charge < -0.3 is 10.1 Å². The van der Waals surface area contributed by atoms with Gasteiger partial charge in [0, 0.05) is 17.2 Å². The van der Waals surface area contributed by atoms with Crippen LogP contribution < -0.4 is 10.1 Å². The van der Waals surface area contributed by atoms with E-state index in [9.17, 15) is 0 Å². The van der Waals surface area contributed by atoms with Crippen molar-refractivity contribution in [3.8, 4) is 5.75 Å². The molecule has 0 saturated heterocycles. The molecular weight excluding hydrogens is 242 g/mol. The van der Waals surface area contributed by atoms with Crippen LogP contribution >= 0.6 is 11.8 Å². The van der Waals surface area contributed by atoms with E-state index in [2.05, 4.69) is 17.4 Å². The van der Waals surface area contributed by atoms with Gasteiger partial charge in [0.05, 0.1) is 7.11 Å². The van der Waals surface area contributed by atoms with Crippen LogP contribution in [0.15, 0.2) is 29.2 Å². The highest BCUT2D eigenvalue weighted by Crippen LogP contribution is 2.28. The number of rotatable bonds is 7. The van der Waals surface area contributed by atoms with Crippen LogP contribution in [0.1, 0.15) is 25.7 Å². The van der Waals surface area contributed by atoms with E-state index in [4.69, 9.17) is 4.74 Å². The van der Waals surface area contributed by atoms with E-state index in [1.807, 2.05) is 23.9 Å². The van der Waals surface area contributed by atoms with E-state index in [0.717, 1.165) is 24.0 Å². The van der Waals surface area contributed by atoms with Crippen LogP contribution in [-0.2, 0) is 0 Å². The molecule has 0 unspecified atom stereocenters. The molecule has 1 aliphatic rings. The second kappa shape index (κ2) is 7.70. The Labute approximate surface area is 114 Å². The molecule has 0 aliphatic heterocycles. The van der Waals surface area contributed by atoms with Crippen LogP contribution in [0, 0.1) is 5.92 Å². The topological polar surface area (TPSA) is 21.3 Å². The molecule has 1 aromatic rings. The van der Waals surface area contributed by atoms with E-state index in [-0.39, 0.29) is 0 Å². The van der Waals surface area contributed by atoms with Crippen LogP contribution in [0.5, 0.6) is 5.75 Å². The number of thioether (sulfide) groups is 1. The van der Waals surface area contributed by atoms with Gasteiger partial charge in [-0.05, 0) is 37.4 Å². The minimum Gasteiger partial charge on any atom is -0.496 e. The zero-order valence-electron chi connectivity index (χ0n) is 11.2. The van der Waals surface area contributed by atoms with E-state index in [1.165, 1.54) is 37.1 Å². The van der Waals surface area contributed by atoms with Gasteiger partial charge in [0.1, 0.15) is 5.75 Å².